The average molecular weight is 371 g/mol. The van der Waals surface area contributed by atoms with E-state index in [-0.39, 0.29) is 17.6 Å². The zero-order valence-electron chi connectivity index (χ0n) is 15.5. The van der Waals surface area contributed by atoms with Crippen molar-refractivity contribution < 1.29 is 9.50 Å². The Balaban J connectivity index is 1.55. The summed E-state index contributed by atoms with van der Waals surface area (Å²) in [7, 11) is 0. The van der Waals surface area contributed by atoms with Gasteiger partial charge in [0.15, 0.2) is 17.6 Å². The van der Waals surface area contributed by atoms with Gasteiger partial charge in [-0.15, -0.1) is 0 Å². The third kappa shape index (κ3) is 5.32. The van der Waals surface area contributed by atoms with Gasteiger partial charge >= 0.3 is 0 Å². The van der Waals surface area contributed by atoms with Gasteiger partial charge in [0.2, 0.25) is 0 Å². The summed E-state index contributed by atoms with van der Waals surface area (Å²) in [6, 6.07) is 10.5. The molecule has 1 aliphatic rings. The van der Waals surface area contributed by atoms with Crippen LogP contribution in [0.15, 0.2) is 47.6 Å². The number of anilines is 1. The Bertz CT molecular complexity index is 782. The number of rotatable bonds is 6. The molecule has 144 valence electrons. The third-order valence-electron chi connectivity index (χ3n) is 4.49. The first-order valence-corrected chi connectivity index (χ1v) is 9.34. The summed E-state index contributed by atoms with van der Waals surface area (Å²) in [5.41, 5.74) is 1.05. The van der Waals surface area contributed by atoms with Gasteiger partial charge in [-0.2, -0.15) is 0 Å². The van der Waals surface area contributed by atoms with E-state index < -0.39 is 0 Å². The van der Waals surface area contributed by atoms with Gasteiger partial charge in [-0.05, 0) is 49.6 Å². The summed E-state index contributed by atoms with van der Waals surface area (Å²) >= 11 is 0. The molecule has 1 unspecified atom stereocenters. The normalized spacial score (nSPS) is 17.2. The molecular formula is C20H26FN5O. The van der Waals surface area contributed by atoms with E-state index in [9.17, 15) is 9.50 Å². The minimum Gasteiger partial charge on any atom is -0.508 e. The van der Waals surface area contributed by atoms with Crippen LogP contribution in [-0.2, 0) is 6.42 Å². The predicted molar refractivity (Wildman–Crippen MR) is 106 cm³/mol. The second-order valence-electron chi connectivity index (χ2n) is 6.57. The molecule has 6 nitrogen and oxygen atoms in total. The highest BCUT2D eigenvalue weighted by Crippen LogP contribution is 2.20. The Morgan fingerprint density at radius 2 is 2.26 bits per heavy atom. The molecule has 1 aromatic carbocycles. The van der Waals surface area contributed by atoms with Gasteiger partial charge in [0.05, 0.1) is 0 Å². The maximum absolute atomic E-state index is 13.9. The Hall–Kier alpha value is -2.83. The Morgan fingerprint density at radius 3 is 3.04 bits per heavy atom. The molecular weight excluding hydrogens is 345 g/mol. The van der Waals surface area contributed by atoms with E-state index in [1.54, 1.807) is 24.4 Å². The van der Waals surface area contributed by atoms with Crippen LogP contribution in [0.3, 0.4) is 0 Å². The quantitative estimate of drug-likeness (QED) is 0.537. The van der Waals surface area contributed by atoms with Crippen LogP contribution < -0.4 is 15.5 Å². The summed E-state index contributed by atoms with van der Waals surface area (Å²) in [5, 5.41) is 16.2. The molecule has 0 amide bonds. The van der Waals surface area contributed by atoms with Crippen LogP contribution in [0.25, 0.3) is 0 Å². The zero-order chi connectivity index (χ0) is 19.1. The van der Waals surface area contributed by atoms with Crippen molar-refractivity contribution >= 4 is 11.8 Å². The highest BCUT2D eigenvalue weighted by molar-refractivity contribution is 5.80. The highest BCUT2D eigenvalue weighted by atomic mass is 19.1. The molecule has 1 saturated heterocycles. The van der Waals surface area contributed by atoms with Crippen molar-refractivity contribution in [3.8, 4) is 5.75 Å². The molecule has 0 bridgehead atoms. The largest absolute Gasteiger partial charge is 0.508 e. The van der Waals surface area contributed by atoms with Crippen LogP contribution in [0.5, 0.6) is 5.75 Å². The molecule has 0 saturated carbocycles. The van der Waals surface area contributed by atoms with Crippen LogP contribution in [0.1, 0.15) is 18.9 Å². The van der Waals surface area contributed by atoms with Crippen molar-refractivity contribution in [3.05, 3.63) is 54.0 Å². The third-order valence-corrected chi connectivity index (χ3v) is 4.49. The lowest BCUT2D eigenvalue weighted by Crippen LogP contribution is -2.44. The lowest BCUT2D eigenvalue weighted by Gasteiger charge is -2.20. The lowest BCUT2D eigenvalue weighted by atomic mass is 10.1. The number of phenols is 1. The molecule has 1 fully saturated rings. The number of hydrogen-bond donors (Lipinski definition) is 3. The number of aromatic nitrogens is 1. The van der Waals surface area contributed by atoms with Gasteiger partial charge in [-0.25, -0.2) is 9.37 Å². The van der Waals surface area contributed by atoms with Crippen molar-refractivity contribution in [1.82, 2.24) is 15.6 Å². The summed E-state index contributed by atoms with van der Waals surface area (Å²) in [4.78, 5) is 10.7. The summed E-state index contributed by atoms with van der Waals surface area (Å²) in [5.74, 6) is 1.15. The van der Waals surface area contributed by atoms with E-state index >= 15 is 0 Å². The summed E-state index contributed by atoms with van der Waals surface area (Å²) < 4.78 is 13.9. The molecule has 27 heavy (non-hydrogen) atoms. The van der Waals surface area contributed by atoms with Crippen molar-refractivity contribution in [3.63, 3.8) is 0 Å². The average Bonchev–Trinajstić information content (AvgIpc) is 3.10. The standard InChI is InChI=1S/C20H26FN5O/c1-2-22-20(24-11-8-15-5-3-6-17(27)13-15)25-16-9-12-26(14-16)19-18(21)7-4-10-23-19/h3-7,10,13,16,27H,2,8-9,11-12,14H2,1H3,(H2,22,24,25). The fourth-order valence-electron chi connectivity index (χ4n) is 3.20. The number of halogens is 1. The van der Waals surface area contributed by atoms with Crippen molar-refractivity contribution in [2.45, 2.75) is 25.8 Å². The fraction of sp³-hybridized carbons (Fsp3) is 0.400. The van der Waals surface area contributed by atoms with Crippen LogP contribution in [-0.4, -0.2) is 48.3 Å². The second-order valence-corrected chi connectivity index (χ2v) is 6.57. The van der Waals surface area contributed by atoms with Crippen LogP contribution in [0.2, 0.25) is 0 Å². The lowest BCUT2D eigenvalue weighted by molar-refractivity contribution is 0.474. The van der Waals surface area contributed by atoms with Gasteiger partial charge < -0.3 is 20.6 Å². The number of benzene rings is 1. The number of nitrogens with zero attached hydrogens (tertiary/aromatic N) is 3. The Kier molecular flexibility index (Phi) is 6.46. The maximum Gasteiger partial charge on any atom is 0.191 e. The molecule has 2 aromatic rings. The number of aliphatic imine (C=N–C) groups is 1. The number of aromatic hydroxyl groups is 1. The zero-order valence-corrected chi connectivity index (χ0v) is 15.5. The number of guanidine groups is 1. The first-order chi connectivity index (χ1) is 13.2. The molecule has 0 aliphatic carbocycles. The van der Waals surface area contributed by atoms with E-state index in [2.05, 4.69) is 20.6 Å². The number of phenolic OH excluding ortho intramolecular Hbond substituents is 1. The molecule has 3 rings (SSSR count). The van der Waals surface area contributed by atoms with E-state index in [4.69, 9.17) is 0 Å². The van der Waals surface area contributed by atoms with Crippen LogP contribution in [0.4, 0.5) is 10.2 Å². The van der Waals surface area contributed by atoms with Crippen molar-refractivity contribution in [2.24, 2.45) is 4.99 Å². The van der Waals surface area contributed by atoms with E-state index in [1.807, 2.05) is 24.0 Å². The van der Waals surface area contributed by atoms with Crippen molar-refractivity contribution in [2.75, 3.05) is 31.1 Å². The minimum atomic E-state index is -0.287. The molecule has 2 heterocycles. The van der Waals surface area contributed by atoms with Crippen molar-refractivity contribution in [1.29, 1.82) is 0 Å². The molecule has 0 spiro atoms. The highest BCUT2D eigenvalue weighted by Gasteiger charge is 2.25. The summed E-state index contributed by atoms with van der Waals surface area (Å²) in [6.07, 6.45) is 3.26. The second kappa shape index (κ2) is 9.21. The molecule has 7 heteroatoms. The molecule has 1 aliphatic heterocycles. The number of nitrogens with one attached hydrogen (secondary N) is 2. The van der Waals surface area contributed by atoms with Gasteiger partial charge in [0.25, 0.3) is 0 Å². The van der Waals surface area contributed by atoms with E-state index in [1.165, 1.54) is 6.07 Å². The van der Waals surface area contributed by atoms with Gasteiger partial charge in [0, 0.05) is 38.4 Å². The molecule has 3 N–H and O–H groups in total. The van der Waals surface area contributed by atoms with E-state index in [0.29, 0.717) is 18.9 Å². The number of pyridine rings is 1. The van der Waals surface area contributed by atoms with Crippen LogP contribution in [0, 0.1) is 5.82 Å². The number of hydrogen-bond acceptors (Lipinski definition) is 4. The maximum atomic E-state index is 13.9. The topological polar surface area (TPSA) is 72.8 Å². The summed E-state index contributed by atoms with van der Waals surface area (Å²) in [6.45, 7) is 4.85. The van der Waals surface area contributed by atoms with Crippen LogP contribution >= 0.6 is 0 Å². The first-order valence-electron chi connectivity index (χ1n) is 9.34. The van der Waals surface area contributed by atoms with Gasteiger partial charge in [-0.1, -0.05) is 12.1 Å². The SMILES string of the molecule is CCNC(=NCCc1cccc(O)c1)NC1CCN(c2ncccc2F)C1. The van der Waals surface area contributed by atoms with Gasteiger partial charge in [0.1, 0.15) is 5.75 Å². The first kappa shape index (κ1) is 18.9. The van der Waals surface area contributed by atoms with E-state index in [0.717, 1.165) is 37.5 Å². The molecule has 0 radical (unpaired) electrons. The van der Waals surface area contributed by atoms with Gasteiger partial charge in [-0.3, -0.25) is 4.99 Å². The Morgan fingerprint density at radius 1 is 1.37 bits per heavy atom. The predicted octanol–water partition coefficient (Wildman–Crippen LogP) is 2.30. The monoisotopic (exact) mass is 371 g/mol. The molecule has 1 atom stereocenters. The fourth-order valence-corrected chi connectivity index (χ4v) is 3.20. The molecule has 1 aromatic heterocycles. The smallest absolute Gasteiger partial charge is 0.191 e. The Labute approximate surface area is 159 Å². The minimum absolute atomic E-state index is 0.185.